The van der Waals surface area contributed by atoms with E-state index in [0.717, 1.165) is 50.1 Å². The van der Waals surface area contributed by atoms with Crippen molar-refractivity contribution in [3.05, 3.63) is 16.6 Å². The van der Waals surface area contributed by atoms with Crippen molar-refractivity contribution in [3.8, 4) is 0 Å². The zero-order chi connectivity index (χ0) is 21.0. The summed E-state index contributed by atoms with van der Waals surface area (Å²) in [6, 6.07) is 0. The molecule has 3 fully saturated rings. The van der Waals surface area contributed by atoms with Gasteiger partial charge in [-0.2, -0.15) is 13.2 Å². The number of carbonyl (C=O) groups excluding carboxylic acids is 1. The highest BCUT2D eigenvalue weighted by molar-refractivity contribution is 7.09. The van der Waals surface area contributed by atoms with Crippen molar-refractivity contribution in [2.75, 3.05) is 32.8 Å². The van der Waals surface area contributed by atoms with Crippen LogP contribution in [0.3, 0.4) is 0 Å². The van der Waals surface area contributed by atoms with Gasteiger partial charge in [-0.1, -0.05) is 0 Å². The number of carboxylic acids is 1. The molecular formula is C18H24F3N3O4S. The molecule has 0 aromatic carbocycles. The van der Waals surface area contributed by atoms with E-state index >= 15 is 0 Å². The van der Waals surface area contributed by atoms with Crippen molar-refractivity contribution in [2.45, 2.75) is 38.1 Å². The first-order valence-corrected chi connectivity index (χ1v) is 10.4. The largest absolute Gasteiger partial charge is 0.490 e. The number of nitrogens with zero attached hydrogens (tertiary/aromatic N) is 3. The Morgan fingerprint density at radius 1 is 1.31 bits per heavy atom. The number of aromatic nitrogens is 1. The SMILES string of the molecule is O=C(O)C(F)(F)F.O=C1[C@@H]2CCN(Cc3nccs3)C[C@@H]2OCCN1CC1CC1. The zero-order valence-electron chi connectivity index (χ0n) is 15.8. The first-order valence-electron chi connectivity index (χ1n) is 9.55. The number of ether oxygens (including phenoxy) is 1. The third-order valence-electron chi connectivity index (χ3n) is 5.23. The van der Waals surface area contributed by atoms with Gasteiger partial charge in [-0.3, -0.25) is 9.69 Å². The molecule has 3 heterocycles. The van der Waals surface area contributed by atoms with E-state index in [1.807, 2.05) is 11.6 Å². The van der Waals surface area contributed by atoms with Gasteiger partial charge in [-0.25, -0.2) is 9.78 Å². The molecule has 0 unspecified atom stereocenters. The standard InChI is InChI=1S/C16H23N3O2S.C2HF3O2/c20-16-13-3-5-18(11-15-17-4-8-22-15)10-14(13)21-7-6-19(16)9-12-1-2-12;3-2(4,5)1(6)7/h4,8,12-14H,1-3,5-7,9-11H2;(H,6,7)/t13-,14+;/m1./s1. The minimum absolute atomic E-state index is 0.0606. The molecule has 1 aromatic rings. The molecule has 1 amide bonds. The lowest BCUT2D eigenvalue weighted by atomic mass is 9.92. The van der Waals surface area contributed by atoms with Crippen LogP contribution in [-0.2, 0) is 20.9 Å². The number of carboxylic acid groups (broad SMARTS) is 1. The molecule has 2 atom stereocenters. The van der Waals surface area contributed by atoms with Gasteiger partial charge in [-0.05, 0) is 31.7 Å². The summed E-state index contributed by atoms with van der Waals surface area (Å²) < 4.78 is 37.8. The molecule has 0 spiro atoms. The molecule has 4 rings (SSSR count). The Kier molecular flexibility index (Phi) is 7.12. The first-order chi connectivity index (χ1) is 13.7. The summed E-state index contributed by atoms with van der Waals surface area (Å²) in [7, 11) is 0. The van der Waals surface area contributed by atoms with Crippen LogP contribution in [0.15, 0.2) is 11.6 Å². The predicted octanol–water partition coefficient (Wildman–Crippen LogP) is 2.24. The number of aliphatic carboxylic acids is 1. The highest BCUT2D eigenvalue weighted by atomic mass is 32.1. The number of fused-ring (bicyclic) bond motifs is 1. The smallest absolute Gasteiger partial charge is 0.475 e. The van der Waals surface area contributed by atoms with Crippen LogP contribution in [0, 0.1) is 11.8 Å². The Bertz CT molecular complexity index is 697. The molecule has 1 aliphatic carbocycles. The van der Waals surface area contributed by atoms with E-state index in [9.17, 15) is 18.0 Å². The van der Waals surface area contributed by atoms with Gasteiger partial charge in [0, 0.05) is 31.2 Å². The Morgan fingerprint density at radius 3 is 2.62 bits per heavy atom. The van der Waals surface area contributed by atoms with Gasteiger partial charge in [0.25, 0.3) is 0 Å². The average molecular weight is 435 g/mol. The van der Waals surface area contributed by atoms with Crippen LogP contribution >= 0.6 is 11.3 Å². The van der Waals surface area contributed by atoms with Crippen LogP contribution in [0.25, 0.3) is 0 Å². The molecular weight excluding hydrogens is 411 g/mol. The maximum absolute atomic E-state index is 12.8. The van der Waals surface area contributed by atoms with E-state index < -0.39 is 12.1 Å². The fourth-order valence-corrected chi connectivity index (χ4v) is 4.21. The van der Waals surface area contributed by atoms with Crippen molar-refractivity contribution in [1.29, 1.82) is 0 Å². The molecule has 11 heteroatoms. The second-order valence-corrected chi connectivity index (χ2v) is 8.48. The Morgan fingerprint density at radius 2 is 2.03 bits per heavy atom. The predicted molar refractivity (Wildman–Crippen MR) is 98.2 cm³/mol. The molecule has 2 aliphatic heterocycles. The van der Waals surface area contributed by atoms with Crippen LogP contribution in [-0.4, -0.2) is 76.8 Å². The van der Waals surface area contributed by atoms with Gasteiger partial charge in [0.2, 0.25) is 5.91 Å². The van der Waals surface area contributed by atoms with E-state index in [4.69, 9.17) is 14.6 Å². The number of amides is 1. The third-order valence-corrected chi connectivity index (χ3v) is 5.99. The molecule has 7 nitrogen and oxygen atoms in total. The van der Waals surface area contributed by atoms with Crippen molar-refractivity contribution in [1.82, 2.24) is 14.8 Å². The van der Waals surface area contributed by atoms with Gasteiger partial charge in [0.1, 0.15) is 5.01 Å². The van der Waals surface area contributed by atoms with Crippen molar-refractivity contribution >= 4 is 23.2 Å². The van der Waals surface area contributed by atoms with Gasteiger partial charge in [0.05, 0.1) is 25.2 Å². The van der Waals surface area contributed by atoms with Crippen LogP contribution in [0.2, 0.25) is 0 Å². The molecule has 2 saturated heterocycles. The summed E-state index contributed by atoms with van der Waals surface area (Å²) in [5.41, 5.74) is 0. The van der Waals surface area contributed by atoms with Gasteiger partial charge in [0.15, 0.2) is 0 Å². The second kappa shape index (κ2) is 9.40. The molecule has 0 bridgehead atoms. The van der Waals surface area contributed by atoms with Crippen molar-refractivity contribution < 1.29 is 32.6 Å². The summed E-state index contributed by atoms with van der Waals surface area (Å²) in [4.78, 5) is 30.5. The second-order valence-electron chi connectivity index (χ2n) is 7.50. The summed E-state index contributed by atoms with van der Waals surface area (Å²) in [5, 5.41) is 10.3. The lowest BCUT2D eigenvalue weighted by molar-refractivity contribution is -0.192. The van der Waals surface area contributed by atoms with Gasteiger partial charge < -0.3 is 14.7 Å². The third kappa shape index (κ3) is 6.38. The monoisotopic (exact) mass is 435 g/mol. The Balaban J connectivity index is 0.000000298. The minimum atomic E-state index is -5.08. The summed E-state index contributed by atoms with van der Waals surface area (Å²) in [6.45, 7) is 5.11. The highest BCUT2D eigenvalue weighted by Crippen LogP contribution is 2.32. The highest BCUT2D eigenvalue weighted by Gasteiger charge is 2.40. The summed E-state index contributed by atoms with van der Waals surface area (Å²) >= 11 is 1.70. The molecule has 0 radical (unpaired) electrons. The number of halogens is 3. The number of hydrogen-bond donors (Lipinski definition) is 1. The summed E-state index contributed by atoms with van der Waals surface area (Å²) in [5.74, 6) is -1.60. The van der Waals surface area contributed by atoms with E-state index in [1.54, 1.807) is 11.3 Å². The molecule has 1 N–H and O–H groups in total. The number of piperidine rings is 1. The number of thiazole rings is 1. The van der Waals surface area contributed by atoms with E-state index in [-0.39, 0.29) is 12.0 Å². The number of likely N-dealkylation sites (tertiary alicyclic amines) is 1. The van der Waals surface area contributed by atoms with Crippen LogP contribution in [0.1, 0.15) is 24.3 Å². The van der Waals surface area contributed by atoms with E-state index in [1.165, 1.54) is 12.8 Å². The molecule has 1 aromatic heterocycles. The number of hydrogen-bond acceptors (Lipinski definition) is 6. The number of alkyl halides is 3. The average Bonchev–Trinajstić information content (AvgIpc) is 3.36. The normalized spacial score (nSPS) is 25.6. The maximum Gasteiger partial charge on any atom is 0.490 e. The number of rotatable bonds is 4. The zero-order valence-corrected chi connectivity index (χ0v) is 16.6. The fraction of sp³-hybridized carbons (Fsp3) is 0.722. The summed E-state index contributed by atoms with van der Waals surface area (Å²) in [6.07, 6.45) is 0.329. The van der Waals surface area contributed by atoms with Crippen LogP contribution in [0.4, 0.5) is 13.2 Å². The molecule has 29 heavy (non-hydrogen) atoms. The Labute approximate surface area is 170 Å². The van der Waals surface area contributed by atoms with Gasteiger partial charge >= 0.3 is 12.1 Å². The van der Waals surface area contributed by atoms with Crippen LogP contribution < -0.4 is 0 Å². The lowest BCUT2D eigenvalue weighted by Crippen LogP contribution is -2.49. The first kappa shape index (κ1) is 22.0. The fourth-order valence-electron chi connectivity index (χ4n) is 3.55. The van der Waals surface area contributed by atoms with E-state index in [2.05, 4.69) is 14.8 Å². The van der Waals surface area contributed by atoms with Crippen molar-refractivity contribution in [2.24, 2.45) is 11.8 Å². The van der Waals surface area contributed by atoms with Crippen molar-refractivity contribution in [3.63, 3.8) is 0 Å². The van der Waals surface area contributed by atoms with E-state index in [0.29, 0.717) is 12.5 Å². The minimum Gasteiger partial charge on any atom is -0.475 e. The topological polar surface area (TPSA) is 83.0 Å². The van der Waals surface area contributed by atoms with Gasteiger partial charge in [-0.15, -0.1) is 11.3 Å². The van der Waals surface area contributed by atoms with Crippen LogP contribution in [0.5, 0.6) is 0 Å². The molecule has 3 aliphatic rings. The quantitative estimate of drug-likeness (QED) is 0.781. The maximum atomic E-state index is 12.8. The number of carbonyl (C=O) groups is 2. The Hall–Kier alpha value is -1.72. The lowest BCUT2D eigenvalue weighted by Gasteiger charge is -2.36. The molecule has 1 saturated carbocycles. The molecule has 162 valence electrons.